The van der Waals surface area contributed by atoms with Crippen molar-refractivity contribution in [3.8, 4) is 11.9 Å². The second-order valence-electron chi connectivity index (χ2n) is 3.43. The van der Waals surface area contributed by atoms with Gasteiger partial charge in [0.2, 0.25) is 0 Å². The van der Waals surface area contributed by atoms with E-state index in [1.807, 2.05) is 32.0 Å². The Labute approximate surface area is 90.9 Å². The van der Waals surface area contributed by atoms with Crippen LogP contribution in [0.25, 0.3) is 0 Å². The van der Waals surface area contributed by atoms with Crippen molar-refractivity contribution < 1.29 is 4.74 Å². The predicted molar refractivity (Wildman–Crippen MR) is 61.0 cm³/mol. The summed E-state index contributed by atoms with van der Waals surface area (Å²) in [7, 11) is 1.62. The molecule has 0 heterocycles. The SMILES string of the molecule is CCCN(C#N)c1ccc(C)cc1OC. The molecule has 0 aliphatic rings. The minimum Gasteiger partial charge on any atom is -0.495 e. The molecule has 80 valence electrons. The Kier molecular flexibility index (Phi) is 3.99. The van der Waals surface area contributed by atoms with Crippen molar-refractivity contribution >= 4 is 5.69 Å². The molecule has 0 aromatic heterocycles. The maximum absolute atomic E-state index is 9.02. The van der Waals surface area contributed by atoms with E-state index in [1.54, 1.807) is 12.0 Å². The summed E-state index contributed by atoms with van der Waals surface area (Å²) in [5.41, 5.74) is 1.97. The number of methoxy groups -OCH3 is 1. The molecular formula is C12H16N2O. The van der Waals surface area contributed by atoms with Crippen LogP contribution in [0.4, 0.5) is 5.69 Å². The minimum atomic E-state index is 0.718. The summed E-state index contributed by atoms with van der Waals surface area (Å²) in [6, 6.07) is 5.85. The van der Waals surface area contributed by atoms with Gasteiger partial charge in [0, 0.05) is 6.54 Å². The molecule has 0 N–H and O–H groups in total. The Hall–Kier alpha value is -1.69. The van der Waals surface area contributed by atoms with Crippen LogP contribution < -0.4 is 9.64 Å². The number of rotatable bonds is 4. The summed E-state index contributed by atoms with van der Waals surface area (Å²) >= 11 is 0. The van der Waals surface area contributed by atoms with Crippen LogP contribution >= 0.6 is 0 Å². The van der Waals surface area contributed by atoms with Crippen LogP contribution in [0.15, 0.2) is 18.2 Å². The van der Waals surface area contributed by atoms with Crippen molar-refractivity contribution in [2.24, 2.45) is 0 Å². The highest BCUT2D eigenvalue weighted by Gasteiger charge is 2.10. The van der Waals surface area contributed by atoms with Gasteiger partial charge in [-0.2, -0.15) is 5.26 Å². The zero-order valence-electron chi connectivity index (χ0n) is 9.45. The monoisotopic (exact) mass is 204 g/mol. The molecule has 1 aromatic carbocycles. The van der Waals surface area contributed by atoms with Gasteiger partial charge in [0.1, 0.15) is 5.75 Å². The molecule has 0 bridgehead atoms. The van der Waals surface area contributed by atoms with E-state index in [4.69, 9.17) is 10.00 Å². The quantitative estimate of drug-likeness (QED) is 0.559. The summed E-state index contributed by atoms with van der Waals surface area (Å²) < 4.78 is 5.26. The van der Waals surface area contributed by atoms with Gasteiger partial charge in [-0.3, -0.25) is 4.90 Å². The fraction of sp³-hybridized carbons (Fsp3) is 0.417. The fourth-order valence-corrected chi connectivity index (χ4v) is 1.46. The number of benzene rings is 1. The second-order valence-corrected chi connectivity index (χ2v) is 3.43. The van der Waals surface area contributed by atoms with Gasteiger partial charge >= 0.3 is 0 Å². The van der Waals surface area contributed by atoms with Crippen molar-refractivity contribution in [2.45, 2.75) is 20.3 Å². The van der Waals surface area contributed by atoms with E-state index >= 15 is 0 Å². The molecule has 0 spiro atoms. The maximum atomic E-state index is 9.02. The molecule has 0 amide bonds. The highest BCUT2D eigenvalue weighted by atomic mass is 16.5. The Balaban J connectivity index is 3.06. The lowest BCUT2D eigenvalue weighted by atomic mass is 10.2. The fourth-order valence-electron chi connectivity index (χ4n) is 1.46. The molecule has 1 aromatic rings. The standard InChI is InChI=1S/C12H16N2O/c1-4-7-14(9-13)11-6-5-10(2)8-12(11)15-3/h5-6,8H,4,7H2,1-3H3. The Morgan fingerprint density at radius 3 is 2.73 bits per heavy atom. The normalized spacial score (nSPS) is 9.47. The molecule has 0 aliphatic heterocycles. The first-order valence-corrected chi connectivity index (χ1v) is 5.04. The van der Waals surface area contributed by atoms with Crippen molar-refractivity contribution in [1.29, 1.82) is 5.26 Å². The summed E-state index contributed by atoms with van der Waals surface area (Å²) in [4.78, 5) is 1.65. The number of hydrogen-bond acceptors (Lipinski definition) is 3. The third kappa shape index (κ3) is 2.63. The zero-order chi connectivity index (χ0) is 11.3. The van der Waals surface area contributed by atoms with Crippen LogP contribution in [0.1, 0.15) is 18.9 Å². The highest BCUT2D eigenvalue weighted by molar-refractivity contribution is 5.62. The Morgan fingerprint density at radius 1 is 1.47 bits per heavy atom. The lowest BCUT2D eigenvalue weighted by Crippen LogP contribution is -2.17. The van der Waals surface area contributed by atoms with E-state index < -0.39 is 0 Å². The van der Waals surface area contributed by atoms with Crippen molar-refractivity contribution in [3.05, 3.63) is 23.8 Å². The third-order valence-corrected chi connectivity index (χ3v) is 2.19. The lowest BCUT2D eigenvalue weighted by molar-refractivity contribution is 0.415. The molecule has 1 rings (SSSR count). The van der Waals surface area contributed by atoms with E-state index in [1.165, 1.54) is 0 Å². The molecular weight excluding hydrogens is 188 g/mol. The van der Waals surface area contributed by atoms with Gasteiger partial charge in [0.15, 0.2) is 6.19 Å². The third-order valence-electron chi connectivity index (χ3n) is 2.19. The summed E-state index contributed by atoms with van der Waals surface area (Å²) in [5, 5.41) is 9.02. The number of anilines is 1. The number of nitriles is 1. The molecule has 15 heavy (non-hydrogen) atoms. The highest BCUT2D eigenvalue weighted by Crippen LogP contribution is 2.28. The van der Waals surface area contributed by atoms with Crippen LogP contribution in [-0.2, 0) is 0 Å². The molecule has 0 saturated heterocycles. The van der Waals surface area contributed by atoms with E-state index in [0.29, 0.717) is 0 Å². The summed E-state index contributed by atoms with van der Waals surface area (Å²) in [5.74, 6) is 0.755. The van der Waals surface area contributed by atoms with Gasteiger partial charge in [-0.05, 0) is 31.0 Å². The first kappa shape index (κ1) is 11.4. The zero-order valence-corrected chi connectivity index (χ0v) is 9.45. The van der Waals surface area contributed by atoms with E-state index in [9.17, 15) is 0 Å². The number of ether oxygens (including phenoxy) is 1. The second kappa shape index (κ2) is 5.26. The van der Waals surface area contributed by atoms with Gasteiger partial charge in [-0.1, -0.05) is 13.0 Å². The Morgan fingerprint density at radius 2 is 2.20 bits per heavy atom. The number of hydrogen-bond donors (Lipinski definition) is 0. The van der Waals surface area contributed by atoms with Gasteiger partial charge in [-0.15, -0.1) is 0 Å². The molecule has 0 saturated carbocycles. The van der Waals surface area contributed by atoms with E-state index in [0.717, 1.165) is 30.0 Å². The summed E-state index contributed by atoms with van der Waals surface area (Å²) in [6.07, 6.45) is 3.10. The average Bonchev–Trinajstić information content (AvgIpc) is 2.26. The van der Waals surface area contributed by atoms with Gasteiger partial charge in [0.05, 0.1) is 12.8 Å². The van der Waals surface area contributed by atoms with Crippen LogP contribution in [0.5, 0.6) is 5.75 Å². The van der Waals surface area contributed by atoms with Gasteiger partial charge in [-0.25, -0.2) is 0 Å². The largest absolute Gasteiger partial charge is 0.495 e. The smallest absolute Gasteiger partial charge is 0.184 e. The first-order chi connectivity index (χ1) is 7.22. The number of aryl methyl sites for hydroxylation is 1. The van der Waals surface area contributed by atoms with E-state index in [2.05, 4.69) is 6.19 Å². The number of nitrogens with zero attached hydrogens (tertiary/aromatic N) is 2. The van der Waals surface area contributed by atoms with Gasteiger partial charge in [0.25, 0.3) is 0 Å². The van der Waals surface area contributed by atoms with Crippen LogP contribution in [0.3, 0.4) is 0 Å². The predicted octanol–water partition coefficient (Wildman–Crippen LogP) is 2.70. The molecule has 0 radical (unpaired) electrons. The molecule has 0 atom stereocenters. The lowest BCUT2D eigenvalue weighted by Gasteiger charge is -2.17. The molecule has 3 heteroatoms. The van der Waals surface area contributed by atoms with Crippen LogP contribution in [-0.4, -0.2) is 13.7 Å². The average molecular weight is 204 g/mol. The van der Waals surface area contributed by atoms with Crippen LogP contribution in [0, 0.1) is 18.4 Å². The topological polar surface area (TPSA) is 36.3 Å². The maximum Gasteiger partial charge on any atom is 0.184 e. The Bertz CT molecular complexity index is 368. The van der Waals surface area contributed by atoms with Crippen LogP contribution in [0.2, 0.25) is 0 Å². The van der Waals surface area contributed by atoms with Gasteiger partial charge < -0.3 is 4.74 Å². The van der Waals surface area contributed by atoms with Crippen molar-refractivity contribution in [3.63, 3.8) is 0 Å². The first-order valence-electron chi connectivity index (χ1n) is 5.04. The molecule has 3 nitrogen and oxygen atoms in total. The molecule has 0 fully saturated rings. The van der Waals surface area contributed by atoms with Crippen molar-refractivity contribution in [2.75, 3.05) is 18.6 Å². The van der Waals surface area contributed by atoms with Crippen molar-refractivity contribution in [1.82, 2.24) is 0 Å². The minimum absolute atomic E-state index is 0.718. The van der Waals surface area contributed by atoms with E-state index in [-0.39, 0.29) is 0 Å². The molecule has 0 unspecified atom stereocenters. The molecule has 0 aliphatic carbocycles. The summed E-state index contributed by atoms with van der Waals surface area (Å²) in [6.45, 7) is 4.77.